The maximum atomic E-state index is 11.6. The Bertz CT molecular complexity index is 342. The zero-order valence-corrected chi connectivity index (χ0v) is 8.42. The van der Waals surface area contributed by atoms with E-state index in [0.717, 1.165) is 11.5 Å². The summed E-state index contributed by atoms with van der Waals surface area (Å²) in [6.07, 6.45) is 2.56. The molecule has 0 spiro atoms. The number of nitrogens with one attached hydrogen (secondary N) is 1. The van der Waals surface area contributed by atoms with Crippen molar-refractivity contribution in [3.05, 3.63) is 35.4 Å². The summed E-state index contributed by atoms with van der Waals surface area (Å²) in [5, 5.41) is 2.88. The molecule has 2 nitrogen and oxygen atoms in total. The van der Waals surface area contributed by atoms with E-state index in [1.807, 2.05) is 18.2 Å². The molecule has 1 aromatic carbocycles. The number of rotatable bonds is 4. The zero-order chi connectivity index (χ0) is 9.97. The van der Waals surface area contributed by atoms with Crippen molar-refractivity contribution in [2.75, 3.05) is 13.6 Å². The van der Waals surface area contributed by atoms with Gasteiger partial charge in [-0.1, -0.05) is 18.2 Å². The van der Waals surface area contributed by atoms with E-state index in [2.05, 4.69) is 11.4 Å². The standard InChI is InChI=1S/C12H15NO/c1-13-8-12(14)11-4-2-3-10(7-11)9-5-6-9/h2-4,7,9,13H,5-6,8H2,1H3. The van der Waals surface area contributed by atoms with Gasteiger partial charge in [-0.05, 0) is 37.4 Å². The maximum Gasteiger partial charge on any atom is 0.176 e. The minimum atomic E-state index is 0.176. The predicted octanol–water partition coefficient (Wildman–Crippen LogP) is 1.97. The van der Waals surface area contributed by atoms with Crippen molar-refractivity contribution in [2.24, 2.45) is 0 Å². The van der Waals surface area contributed by atoms with Crippen molar-refractivity contribution >= 4 is 5.78 Å². The normalized spacial score (nSPS) is 15.5. The molecule has 2 rings (SSSR count). The number of hydrogen-bond acceptors (Lipinski definition) is 2. The van der Waals surface area contributed by atoms with Crippen LogP contribution < -0.4 is 5.32 Å². The molecular weight excluding hydrogens is 174 g/mol. The van der Waals surface area contributed by atoms with E-state index < -0.39 is 0 Å². The first-order valence-electron chi connectivity index (χ1n) is 5.09. The molecule has 0 amide bonds. The van der Waals surface area contributed by atoms with Crippen LogP contribution in [0.2, 0.25) is 0 Å². The molecule has 1 saturated carbocycles. The Kier molecular flexibility index (Phi) is 2.64. The van der Waals surface area contributed by atoms with Crippen LogP contribution in [0.25, 0.3) is 0 Å². The first-order valence-corrected chi connectivity index (χ1v) is 5.09. The summed E-state index contributed by atoms with van der Waals surface area (Å²) >= 11 is 0. The van der Waals surface area contributed by atoms with Crippen LogP contribution in [0.15, 0.2) is 24.3 Å². The van der Waals surface area contributed by atoms with Crippen LogP contribution in [0.5, 0.6) is 0 Å². The molecular formula is C12H15NO. The Balaban J connectivity index is 2.16. The largest absolute Gasteiger partial charge is 0.313 e. The molecule has 1 aliphatic rings. The van der Waals surface area contributed by atoms with Gasteiger partial charge < -0.3 is 5.32 Å². The highest BCUT2D eigenvalue weighted by Crippen LogP contribution is 2.40. The lowest BCUT2D eigenvalue weighted by molar-refractivity contribution is 0.0993. The van der Waals surface area contributed by atoms with Crippen LogP contribution in [-0.4, -0.2) is 19.4 Å². The van der Waals surface area contributed by atoms with Gasteiger partial charge in [0, 0.05) is 5.56 Å². The minimum absolute atomic E-state index is 0.176. The quantitative estimate of drug-likeness (QED) is 0.734. The molecule has 0 bridgehead atoms. The number of ketones is 1. The van der Waals surface area contributed by atoms with Crippen LogP contribution in [0.4, 0.5) is 0 Å². The van der Waals surface area contributed by atoms with E-state index >= 15 is 0 Å². The van der Waals surface area contributed by atoms with E-state index in [9.17, 15) is 4.79 Å². The fourth-order valence-corrected chi connectivity index (χ4v) is 1.65. The molecule has 1 fully saturated rings. The van der Waals surface area contributed by atoms with Gasteiger partial charge in [-0.15, -0.1) is 0 Å². The van der Waals surface area contributed by atoms with Gasteiger partial charge in [-0.2, -0.15) is 0 Å². The molecule has 0 aliphatic heterocycles. The van der Waals surface area contributed by atoms with Gasteiger partial charge in [-0.3, -0.25) is 4.79 Å². The number of likely N-dealkylation sites (N-methyl/N-ethyl adjacent to an activating group) is 1. The SMILES string of the molecule is CNCC(=O)c1cccc(C2CC2)c1. The van der Waals surface area contributed by atoms with Gasteiger partial charge in [0.2, 0.25) is 0 Å². The van der Waals surface area contributed by atoms with Gasteiger partial charge in [0.15, 0.2) is 5.78 Å². The molecule has 1 N–H and O–H groups in total. The molecule has 1 aromatic rings. The number of benzene rings is 1. The van der Waals surface area contributed by atoms with E-state index in [0.29, 0.717) is 6.54 Å². The van der Waals surface area contributed by atoms with E-state index in [4.69, 9.17) is 0 Å². The lowest BCUT2D eigenvalue weighted by atomic mass is 10.0. The average Bonchev–Trinajstić information content (AvgIpc) is 3.02. The van der Waals surface area contributed by atoms with E-state index in [1.54, 1.807) is 7.05 Å². The summed E-state index contributed by atoms with van der Waals surface area (Å²) in [6.45, 7) is 0.425. The monoisotopic (exact) mass is 189 g/mol. The van der Waals surface area contributed by atoms with Crippen molar-refractivity contribution in [2.45, 2.75) is 18.8 Å². The fourth-order valence-electron chi connectivity index (χ4n) is 1.65. The molecule has 74 valence electrons. The van der Waals surface area contributed by atoms with Crippen molar-refractivity contribution in [3.63, 3.8) is 0 Å². The highest BCUT2D eigenvalue weighted by Gasteiger charge is 2.23. The molecule has 1 aliphatic carbocycles. The van der Waals surface area contributed by atoms with Crippen LogP contribution in [0.1, 0.15) is 34.7 Å². The second-order valence-electron chi connectivity index (χ2n) is 3.85. The van der Waals surface area contributed by atoms with Gasteiger partial charge in [0.1, 0.15) is 0 Å². The number of carbonyl (C=O) groups is 1. The molecule has 0 atom stereocenters. The topological polar surface area (TPSA) is 29.1 Å². The number of hydrogen-bond donors (Lipinski definition) is 1. The summed E-state index contributed by atoms with van der Waals surface area (Å²) in [5.74, 6) is 0.896. The van der Waals surface area contributed by atoms with Crippen LogP contribution >= 0.6 is 0 Å². The maximum absolute atomic E-state index is 11.6. The highest BCUT2D eigenvalue weighted by atomic mass is 16.1. The highest BCUT2D eigenvalue weighted by molar-refractivity contribution is 5.97. The molecule has 14 heavy (non-hydrogen) atoms. The van der Waals surface area contributed by atoms with Crippen molar-refractivity contribution in [3.8, 4) is 0 Å². The number of Topliss-reactive ketones (excluding diaryl/α,β-unsaturated/α-hetero) is 1. The Labute approximate surface area is 84.3 Å². The average molecular weight is 189 g/mol. The van der Waals surface area contributed by atoms with E-state index in [1.165, 1.54) is 18.4 Å². The van der Waals surface area contributed by atoms with E-state index in [-0.39, 0.29) is 5.78 Å². The molecule has 0 saturated heterocycles. The molecule has 2 heteroatoms. The Morgan fingerprint density at radius 3 is 2.93 bits per heavy atom. The van der Waals surface area contributed by atoms with Crippen molar-refractivity contribution in [1.82, 2.24) is 5.32 Å². The van der Waals surface area contributed by atoms with Crippen LogP contribution in [-0.2, 0) is 0 Å². The third kappa shape index (κ3) is 2.02. The van der Waals surface area contributed by atoms with Gasteiger partial charge >= 0.3 is 0 Å². The number of carbonyl (C=O) groups excluding carboxylic acids is 1. The summed E-state index contributed by atoms with van der Waals surface area (Å²) < 4.78 is 0. The van der Waals surface area contributed by atoms with Gasteiger partial charge in [0.25, 0.3) is 0 Å². The van der Waals surface area contributed by atoms with Crippen LogP contribution in [0, 0.1) is 0 Å². The summed E-state index contributed by atoms with van der Waals surface area (Å²) in [7, 11) is 1.79. The first kappa shape index (κ1) is 9.41. The molecule has 0 radical (unpaired) electrons. The van der Waals surface area contributed by atoms with Gasteiger partial charge in [-0.25, -0.2) is 0 Å². The Morgan fingerprint density at radius 2 is 2.29 bits per heavy atom. The van der Waals surface area contributed by atoms with Crippen molar-refractivity contribution < 1.29 is 4.79 Å². The predicted molar refractivity (Wildman–Crippen MR) is 56.7 cm³/mol. The molecule has 0 aromatic heterocycles. The first-order chi connectivity index (χ1) is 6.81. The zero-order valence-electron chi connectivity index (χ0n) is 8.42. The molecule has 0 unspecified atom stereocenters. The lowest BCUT2D eigenvalue weighted by Gasteiger charge is -2.02. The third-order valence-corrected chi connectivity index (χ3v) is 2.59. The third-order valence-electron chi connectivity index (χ3n) is 2.59. The summed E-state index contributed by atoms with van der Waals surface area (Å²) in [4.78, 5) is 11.6. The van der Waals surface area contributed by atoms with Gasteiger partial charge in [0.05, 0.1) is 6.54 Å². The minimum Gasteiger partial charge on any atom is -0.313 e. The molecule has 0 heterocycles. The smallest absolute Gasteiger partial charge is 0.176 e. The second-order valence-corrected chi connectivity index (χ2v) is 3.85. The second kappa shape index (κ2) is 3.93. The Morgan fingerprint density at radius 1 is 1.50 bits per heavy atom. The fraction of sp³-hybridized carbons (Fsp3) is 0.417. The van der Waals surface area contributed by atoms with Crippen molar-refractivity contribution in [1.29, 1.82) is 0 Å². The lowest BCUT2D eigenvalue weighted by Crippen LogP contribution is -2.18. The van der Waals surface area contributed by atoms with Crippen LogP contribution in [0.3, 0.4) is 0 Å². The summed E-state index contributed by atoms with van der Waals surface area (Å²) in [6, 6.07) is 8.03. The summed E-state index contributed by atoms with van der Waals surface area (Å²) in [5.41, 5.74) is 2.16. The Hall–Kier alpha value is -1.15.